The number of nitrogens with zero attached hydrogens (tertiary/aromatic N) is 2. The molecule has 8 heteroatoms. The van der Waals surface area contributed by atoms with Gasteiger partial charge in [0, 0.05) is 18.0 Å². The lowest BCUT2D eigenvalue weighted by Crippen LogP contribution is -2.17. The molecule has 0 aliphatic rings. The van der Waals surface area contributed by atoms with Crippen molar-refractivity contribution in [3.05, 3.63) is 78.0 Å². The number of ether oxygens (including phenoxy) is 2. The topological polar surface area (TPSA) is 103 Å². The van der Waals surface area contributed by atoms with Gasteiger partial charge in [-0.25, -0.2) is 10.2 Å². The highest BCUT2D eigenvalue weighted by Crippen LogP contribution is 2.28. The van der Waals surface area contributed by atoms with E-state index in [0.717, 1.165) is 0 Å². The maximum Gasteiger partial charge on any atom is 0.379 e. The number of hydrogen-bond donors (Lipinski definition) is 1. The molecule has 0 bridgehead atoms. The zero-order valence-electron chi connectivity index (χ0n) is 14.3. The number of nitrogens with one attached hydrogen (secondary N) is 1. The minimum Gasteiger partial charge on any atom is -0.493 e. The first kappa shape index (κ1) is 17.9. The summed E-state index contributed by atoms with van der Waals surface area (Å²) >= 11 is 0. The summed E-state index contributed by atoms with van der Waals surface area (Å²) in [6, 6.07) is 11.1. The largest absolute Gasteiger partial charge is 0.493 e. The van der Waals surface area contributed by atoms with Crippen LogP contribution < -0.4 is 14.9 Å². The van der Waals surface area contributed by atoms with Crippen LogP contribution in [0.15, 0.2) is 70.6 Å². The monoisotopic (exact) mass is 365 g/mol. The number of methoxy groups -OCH3 is 1. The fourth-order valence-electron chi connectivity index (χ4n) is 2.13. The highest BCUT2D eigenvalue weighted by Gasteiger charge is 2.14. The lowest BCUT2D eigenvalue weighted by Gasteiger charge is -2.09. The molecule has 1 amide bonds. The third-order valence-corrected chi connectivity index (χ3v) is 3.43. The highest BCUT2D eigenvalue weighted by molar-refractivity contribution is 5.94. The Kier molecular flexibility index (Phi) is 5.58. The van der Waals surface area contributed by atoms with Crippen LogP contribution in [0.4, 0.5) is 0 Å². The van der Waals surface area contributed by atoms with Crippen molar-refractivity contribution >= 4 is 18.1 Å². The van der Waals surface area contributed by atoms with E-state index in [-0.39, 0.29) is 17.4 Å². The van der Waals surface area contributed by atoms with Gasteiger partial charge in [0.1, 0.15) is 0 Å². The predicted octanol–water partition coefficient (Wildman–Crippen LogP) is 2.67. The van der Waals surface area contributed by atoms with Crippen LogP contribution in [-0.2, 0) is 0 Å². The van der Waals surface area contributed by atoms with Crippen molar-refractivity contribution in [2.75, 3.05) is 7.11 Å². The zero-order valence-corrected chi connectivity index (χ0v) is 14.3. The number of esters is 1. The molecule has 0 spiro atoms. The van der Waals surface area contributed by atoms with E-state index in [0.29, 0.717) is 16.9 Å². The molecule has 3 aromatic rings. The van der Waals surface area contributed by atoms with Gasteiger partial charge in [-0.3, -0.25) is 9.78 Å². The molecule has 0 aliphatic heterocycles. The number of amides is 1. The molecule has 136 valence electrons. The van der Waals surface area contributed by atoms with E-state index < -0.39 is 5.97 Å². The quantitative estimate of drug-likeness (QED) is 0.312. The Balaban J connectivity index is 1.66. The molecule has 2 aromatic heterocycles. The average Bonchev–Trinajstić information content (AvgIpc) is 3.24. The van der Waals surface area contributed by atoms with Gasteiger partial charge in [0.15, 0.2) is 11.5 Å². The molecule has 1 N–H and O–H groups in total. The van der Waals surface area contributed by atoms with E-state index in [1.807, 2.05) is 0 Å². The van der Waals surface area contributed by atoms with Crippen molar-refractivity contribution in [3.63, 3.8) is 0 Å². The van der Waals surface area contributed by atoms with Crippen LogP contribution in [0.1, 0.15) is 26.5 Å². The van der Waals surface area contributed by atoms with Gasteiger partial charge in [-0.2, -0.15) is 5.10 Å². The van der Waals surface area contributed by atoms with Crippen molar-refractivity contribution in [2.24, 2.45) is 5.10 Å². The van der Waals surface area contributed by atoms with Crippen LogP contribution in [0.5, 0.6) is 11.5 Å². The predicted molar refractivity (Wildman–Crippen MR) is 96.0 cm³/mol. The molecule has 27 heavy (non-hydrogen) atoms. The van der Waals surface area contributed by atoms with Crippen molar-refractivity contribution in [3.8, 4) is 11.5 Å². The van der Waals surface area contributed by atoms with Gasteiger partial charge in [0.2, 0.25) is 5.76 Å². The molecule has 2 heterocycles. The fourth-order valence-corrected chi connectivity index (χ4v) is 2.13. The number of pyridine rings is 1. The average molecular weight is 365 g/mol. The third-order valence-electron chi connectivity index (χ3n) is 3.43. The molecule has 0 fully saturated rings. The van der Waals surface area contributed by atoms with E-state index in [9.17, 15) is 9.59 Å². The van der Waals surface area contributed by atoms with Gasteiger partial charge >= 0.3 is 5.97 Å². The first-order valence-electron chi connectivity index (χ1n) is 7.84. The first-order chi connectivity index (χ1) is 13.2. The van der Waals surface area contributed by atoms with Gasteiger partial charge in [-0.15, -0.1) is 0 Å². The second kappa shape index (κ2) is 8.43. The SMILES string of the molecule is COc1cc(C=NNC(=O)c2ccncc2)ccc1OC(=O)c1ccco1. The molecule has 0 saturated heterocycles. The minimum atomic E-state index is -0.635. The number of aromatic nitrogens is 1. The summed E-state index contributed by atoms with van der Waals surface area (Å²) in [5, 5.41) is 3.90. The van der Waals surface area contributed by atoms with Crippen molar-refractivity contribution in [1.82, 2.24) is 10.4 Å². The number of benzene rings is 1. The van der Waals surface area contributed by atoms with Gasteiger partial charge in [-0.1, -0.05) is 0 Å². The number of rotatable bonds is 6. The maximum absolute atomic E-state index is 12.0. The second-order valence-electron chi connectivity index (χ2n) is 5.21. The summed E-state index contributed by atoms with van der Waals surface area (Å²) in [6.07, 6.45) is 5.87. The van der Waals surface area contributed by atoms with Crippen LogP contribution in [0.2, 0.25) is 0 Å². The summed E-state index contributed by atoms with van der Waals surface area (Å²) in [7, 11) is 1.45. The molecule has 3 rings (SSSR count). The molecule has 0 saturated carbocycles. The number of hydrogen-bond acceptors (Lipinski definition) is 7. The summed E-state index contributed by atoms with van der Waals surface area (Å²) in [5.74, 6) is -0.341. The van der Waals surface area contributed by atoms with E-state index >= 15 is 0 Å². The van der Waals surface area contributed by atoms with Gasteiger partial charge in [0.05, 0.1) is 19.6 Å². The Morgan fingerprint density at radius 3 is 2.67 bits per heavy atom. The Hall–Kier alpha value is -3.94. The highest BCUT2D eigenvalue weighted by atomic mass is 16.6. The molecule has 0 atom stereocenters. The fraction of sp³-hybridized carbons (Fsp3) is 0.0526. The molecule has 0 unspecified atom stereocenters. The molecular formula is C19H15N3O5. The second-order valence-corrected chi connectivity index (χ2v) is 5.21. The number of carbonyl (C=O) groups is 2. The smallest absolute Gasteiger partial charge is 0.379 e. The number of furan rings is 1. The van der Waals surface area contributed by atoms with Gasteiger partial charge in [0.25, 0.3) is 5.91 Å². The Labute approximate surface area is 154 Å². The van der Waals surface area contributed by atoms with Crippen LogP contribution in [0, 0.1) is 0 Å². The Morgan fingerprint density at radius 1 is 1.15 bits per heavy atom. The standard InChI is InChI=1S/C19H15N3O5/c1-25-17-11-13(12-21-22-18(23)14-6-8-20-9-7-14)4-5-15(17)27-19(24)16-3-2-10-26-16/h2-12H,1H3,(H,22,23). The molecular weight excluding hydrogens is 350 g/mol. The minimum absolute atomic E-state index is 0.0847. The van der Waals surface area contributed by atoms with Crippen LogP contribution in [-0.4, -0.2) is 30.2 Å². The van der Waals surface area contributed by atoms with Gasteiger partial charge < -0.3 is 13.9 Å². The summed E-state index contributed by atoms with van der Waals surface area (Å²) in [4.78, 5) is 27.7. The molecule has 0 radical (unpaired) electrons. The summed E-state index contributed by atoms with van der Waals surface area (Å²) < 4.78 is 15.5. The van der Waals surface area contributed by atoms with E-state index in [1.54, 1.807) is 36.4 Å². The van der Waals surface area contributed by atoms with Gasteiger partial charge in [-0.05, 0) is 48.0 Å². The van der Waals surface area contributed by atoms with Crippen molar-refractivity contribution < 1.29 is 23.5 Å². The van der Waals surface area contributed by atoms with Crippen LogP contribution in [0.25, 0.3) is 0 Å². The lowest BCUT2D eigenvalue weighted by atomic mass is 10.2. The van der Waals surface area contributed by atoms with E-state index in [4.69, 9.17) is 13.9 Å². The number of hydrazone groups is 1. The molecule has 8 nitrogen and oxygen atoms in total. The van der Waals surface area contributed by atoms with Crippen LogP contribution in [0.3, 0.4) is 0 Å². The summed E-state index contributed by atoms with van der Waals surface area (Å²) in [5.41, 5.74) is 3.50. The van der Waals surface area contributed by atoms with Crippen molar-refractivity contribution in [2.45, 2.75) is 0 Å². The van der Waals surface area contributed by atoms with Crippen LogP contribution >= 0.6 is 0 Å². The van der Waals surface area contributed by atoms with E-state index in [2.05, 4.69) is 15.5 Å². The Morgan fingerprint density at radius 2 is 1.96 bits per heavy atom. The normalized spacial score (nSPS) is 10.6. The lowest BCUT2D eigenvalue weighted by molar-refractivity contribution is 0.0696. The Bertz CT molecular complexity index is 953. The zero-order chi connectivity index (χ0) is 19.1. The number of carbonyl (C=O) groups excluding carboxylic acids is 2. The molecule has 1 aromatic carbocycles. The first-order valence-corrected chi connectivity index (χ1v) is 7.84. The van der Waals surface area contributed by atoms with E-state index in [1.165, 1.54) is 38.0 Å². The summed E-state index contributed by atoms with van der Waals surface area (Å²) in [6.45, 7) is 0. The maximum atomic E-state index is 12.0. The molecule has 0 aliphatic carbocycles. The van der Waals surface area contributed by atoms with Crippen molar-refractivity contribution in [1.29, 1.82) is 0 Å². The third kappa shape index (κ3) is 4.57.